The van der Waals surface area contributed by atoms with E-state index in [1.165, 1.54) is 11.8 Å². The number of aryl methyl sites for hydroxylation is 1. The van der Waals surface area contributed by atoms with E-state index in [2.05, 4.69) is 22.1 Å². The van der Waals surface area contributed by atoms with Gasteiger partial charge in [-0.3, -0.25) is 14.2 Å². The average Bonchev–Trinajstić information content (AvgIpc) is 3.24. The zero-order valence-electron chi connectivity index (χ0n) is 17.8. The Kier molecular flexibility index (Phi) is 5.87. The Morgan fingerprint density at radius 2 is 2.06 bits per heavy atom. The monoisotopic (exact) mass is 462 g/mol. The van der Waals surface area contributed by atoms with Crippen molar-refractivity contribution in [1.29, 1.82) is 0 Å². The molecule has 1 N–H and O–H groups in total. The molecule has 0 saturated carbocycles. The second-order valence-electron chi connectivity index (χ2n) is 7.74. The fourth-order valence-electron chi connectivity index (χ4n) is 3.86. The van der Waals surface area contributed by atoms with Crippen LogP contribution in [0.15, 0.2) is 60.3 Å². The van der Waals surface area contributed by atoms with E-state index in [1.807, 2.05) is 34.9 Å². The molecule has 0 spiro atoms. The van der Waals surface area contributed by atoms with Crippen LogP contribution in [0.5, 0.6) is 11.5 Å². The molecule has 0 saturated heterocycles. The first-order valence-corrected chi connectivity index (χ1v) is 11.6. The lowest BCUT2D eigenvalue weighted by molar-refractivity contribution is -0.116. The van der Waals surface area contributed by atoms with E-state index in [1.54, 1.807) is 18.2 Å². The maximum atomic E-state index is 12.9. The van der Waals surface area contributed by atoms with Crippen molar-refractivity contribution in [2.75, 3.05) is 17.7 Å². The van der Waals surface area contributed by atoms with Crippen LogP contribution >= 0.6 is 11.8 Å². The summed E-state index contributed by atoms with van der Waals surface area (Å²) in [6.07, 6.45) is 2.42. The number of nitrogens with one attached hydrogen (secondary N) is 1. The van der Waals surface area contributed by atoms with Crippen molar-refractivity contribution in [2.24, 2.45) is 0 Å². The topological polar surface area (TPSA) is 95.3 Å². The smallest absolute Gasteiger partial charge is 0.224 e. The van der Waals surface area contributed by atoms with Crippen LogP contribution in [0.4, 0.5) is 5.69 Å². The van der Waals surface area contributed by atoms with Gasteiger partial charge in [-0.05, 0) is 42.3 Å². The van der Waals surface area contributed by atoms with E-state index in [0.717, 1.165) is 11.3 Å². The third kappa shape index (κ3) is 4.36. The summed E-state index contributed by atoms with van der Waals surface area (Å²) in [5.41, 5.74) is 2.38. The van der Waals surface area contributed by atoms with E-state index < -0.39 is 6.10 Å². The number of fused-ring (bicyclic) bond motifs is 2. The van der Waals surface area contributed by atoms with E-state index in [-0.39, 0.29) is 17.4 Å². The number of aromatic nitrogens is 3. The Morgan fingerprint density at radius 1 is 1.21 bits per heavy atom. The fourth-order valence-corrected chi connectivity index (χ4v) is 4.71. The third-order valence-corrected chi connectivity index (χ3v) is 6.48. The number of thioether (sulfide) groups is 1. The Labute approximate surface area is 195 Å². The van der Waals surface area contributed by atoms with Crippen LogP contribution in [0.3, 0.4) is 0 Å². The number of hydrogen-bond acceptors (Lipinski definition) is 7. The summed E-state index contributed by atoms with van der Waals surface area (Å²) in [6, 6.07) is 12.9. The van der Waals surface area contributed by atoms with Crippen molar-refractivity contribution in [2.45, 2.75) is 30.6 Å². The number of anilines is 1. The highest BCUT2D eigenvalue weighted by molar-refractivity contribution is 7.99. The van der Waals surface area contributed by atoms with Gasteiger partial charge in [-0.15, -0.1) is 16.8 Å². The largest absolute Gasteiger partial charge is 0.485 e. The summed E-state index contributed by atoms with van der Waals surface area (Å²) in [4.78, 5) is 24.4. The highest BCUT2D eigenvalue weighted by Gasteiger charge is 2.28. The normalized spacial score (nSPS) is 16.6. The Balaban J connectivity index is 1.30. The first-order valence-electron chi connectivity index (χ1n) is 10.6. The molecule has 168 valence electrons. The maximum absolute atomic E-state index is 12.9. The Morgan fingerprint density at radius 3 is 2.91 bits per heavy atom. The van der Waals surface area contributed by atoms with Gasteiger partial charge in [0, 0.05) is 24.2 Å². The molecule has 2 aliphatic heterocycles. The van der Waals surface area contributed by atoms with Crippen LogP contribution in [0.1, 0.15) is 34.3 Å². The van der Waals surface area contributed by atoms with Gasteiger partial charge < -0.3 is 14.8 Å². The summed E-state index contributed by atoms with van der Waals surface area (Å²) in [5, 5.41) is 12.1. The minimum Gasteiger partial charge on any atom is -0.485 e. The minimum atomic E-state index is -0.409. The number of ketones is 1. The minimum absolute atomic E-state index is 0.00493. The molecule has 0 radical (unpaired) electrons. The molecule has 2 aromatic carbocycles. The van der Waals surface area contributed by atoms with Gasteiger partial charge >= 0.3 is 0 Å². The van der Waals surface area contributed by atoms with Crippen molar-refractivity contribution in [1.82, 2.24) is 14.8 Å². The molecule has 8 nitrogen and oxygen atoms in total. The van der Waals surface area contributed by atoms with Gasteiger partial charge in [-0.1, -0.05) is 30.0 Å². The molecule has 1 atom stereocenters. The number of rotatable bonds is 7. The molecule has 0 bridgehead atoms. The van der Waals surface area contributed by atoms with Crippen molar-refractivity contribution in [3.05, 3.63) is 72.1 Å². The molecule has 9 heteroatoms. The van der Waals surface area contributed by atoms with Crippen molar-refractivity contribution >= 4 is 29.1 Å². The van der Waals surface area contributed by atoms with E-state index in [9.17, 15) is 9.59 Å². The number of carbonyl (C=O) groups excluding carboxylic acids is 2. The summed E-state index contributed by atoms with van der Waals surface area (Å²) in [5.74, 6) is 2.20. The fraction of sp³-hybridized carbons (Fsp3) is 0.250. The number of benzene rings is 2. The van der Waals surface area contributed by atoms with Crippen molar-refractivity contribution in [3.63, 3.8) is 0 Å². The molecule has 1 aromatic heterocycles. The standard InChI is InChI=1S/C24H22N4O4S/c1-2-11-28-23(21-13-31-19-5-3-4-6-20(19)32-21)26-27-24(28)33-14-18(29)16-7-9-17-15(12-16)8-10-22(30)25-17/h2-7,9,12,21H,1,8,10-11,13-14H2,(H,25,30). The predicted octanol–water partition coefficient (Wildman–Crippen LogP) is 3.84. The van der Waals surface area contributed by atoms with Crippen molar-refractivity contribution in [3.8, 4) is 11.5 Å². The maximum Gasteiger partial charge on any atom is 0.224 e. The van der Waals surface area contributed by atoms with Crippen LogP contribution in [-0.2, 0) is 17.8 Å². The van der Waals surface area contributed by atoms with E-state index >= 15 is 0 Å². The summed E-state index contributed by atoms with van der Waals surface area (Å²) in [6.45, 7) is 4.64. The number of carbonyl (C=O) groups is 2. The van der Waals surface area contributed by atoms with Crippen LogP contribution in [-0.4, -0.2) is 38.8 Å². The second-order valence-corrected chi connectivity index (χ2v) is 8.68. The highest BCUT2D eigenvalue weighted by atomic mass is 32.2. The average molecular weight is 463 g/mol. The molecule has 5 rings (SSSR count). The van der Waals surface area contributed by atoms with Gasteiger partial charge in [0.1, 0.15) is 6.61 Å². The van der Waals surface area contributed by atoms with Gasteiger partial charge in [0.05, 0.1) is 5.75 Å². The zero-order chi connectivity index (χ0) is 22.8. The number of Topliss-reactive ketones (excluding diaryl/α,β-unsaturated/α-hetero) is 1. The molecule has 1 unspecified atom stereocenters. The number of amides is 1. The molecule has 0 fully saturated rings. The lowest BCUT2D eigenvalue weighted by atomic mass is 9.99. The molecule has 3 aromatic rings. The summed E-state index contributed by atoms with van der Waals surface area (Å²) in [7, 11) is 0. The van der Waals surface area contributed by atoms with Crippen LogP contribution in [0.2, 0.25) is 0 Å². The lowest BCUT2D eigenvalue weighted by Crippen LogP contribution is -2.25. The van der Waals surface area contributed by atoms with Gasteiger partial charge in [-0.2, -0.15) is 0 Å². The van der Waals surface area contributed by atoms with Crippen LogP contribution in [0, 0.1) is 0 Å². The van der Waals surface area contributed by atoms with E-state index in [4.69, 9.17) is 9.47 Å². The molecule has 1 amide bonds. The molecular formula is C24H22N4O4S. The molecule has 0 aliphatic carbocycles. The second kappa shape index (κ2) is 9.11. The number of para-hydroxylation sites is 2. The number of ether oxygens (including phenoxy) is 2. The highest BCUT2D eigenvalue weighted by Crippen LogP contribution is 2.36. The molecule has 33 heavy (non-hydrogen) atoms. The van der Waals surface area contributed by atoms with Crippen molar-refractivity contribution < 1.29 is 19.1 Å². The Bertz CT molecular complexity index is 1240. The number of hydrogen-bond donors (Lipinski definition) is 1. The van der Waals surface area contributed by atoms with Crippen LogP contribution < -0.4 is 14.8 Å². The third-order valence-electron chi connectivity index (χ3n) is 5.51. The van der Waals surface area contributed by atoms with E-state index in [0.29, 0.717) is 54.0 Å². The molecule has 3 heterocycles. The van der Waals surface area contributed by atoms with Gasteiger partial charge in [0.25, 0.3) is 0 Å². The van der Waals surface area contributed by atoms with Gasteiger partial charge in [-0.25, -0.2) is 0 Å². The number of allylic oxidation sites excluding steroid dienone is 1. The first kappa shape index (κ1) is 21.3. The summed E-state index contributed by atoms with van der Waals surface area (Å²) >= 11 is 1.32. The zero-order valence-corrected chi connectivity index (χ0v) is 18.6. The number of nitrogens with zero attached hydrogens (tertiary/aromatic N) is 3. The van der Waals surface area contributed by atoms with Gasteiger partial charge in [0.15, 0.2) is 34.4 Å². The quantitative estimate of drug-likeness (QED) is 0.324. The molecule has 2 aliphatic rings. The lowest BCUT2D eigenvalue weighted by Gasteiger charge is -2.26. The van der Waals surface area contributed by atoms with Gasteiger partial charge in [0.2, 0.25) is 5.91 Å². The summed E-state index contributed by atoms with van der Waals surface area (Å²) < 4.78 is 13.8. The predicted molar refractivity (Wildman–Crippen MR) is 124 cm³/mol. The van der Waals surface area contributed by atoms with Crippen LogP contribution in [0.25, 0.3) is 0 Å². The Hall–Kier alpha value is -3.59. The first-order chi connectivity index (χ1) is 16.1. The molecular weight excluding hydrogens is 440 g/mol. The SMILES string of the molecule is C=CCn1c(SCC(=O)c2ccc3c(c2)CCC(=O)N3)nnc1C1COc2ccccc2O1.